The molecule has 0 saturated carbocycles. The molecule has 50 heavy (non-hydrogen) atoms. The lowest BCUT2D eigenvalue weighted by molar-refractivity contribution is 0.0853. The summed E-state index contributed by atoms with van der Waals surface area (Å²) in [6.07, 6.45) is 0.345. The highest BCUT2D eigenvalue weighted by Crippen LogP contribution is 2.42. The lowest BCUT2D eigenvalue weighted by atomic mass is 9.99. The smallest absolute Gasteiger partial charge is 0.255 e. The van der Waals surface area contributed by atoms with Crippen molar-refractivity contribution in [3.05, 3.63) is 94.0 Å². The molecule has 0 fully saturated rings. The Bertz CT molecular complexity index is 1880. The molecule has 0 radical (unpaired) electrons. The van der Waals surface area contributed by atoms with Crippen LogP contribution in [-0.4, -0.2) is 60.4 Å². The Morgan fingerprint density at radius 1 is 0.720 bits per heavy atom. The number of carbonyl (C=O) groups is 1. The summed E-state index contributed by atoms with van der Waals surface area (Å²) >= 11 is 6.06. The fourth-order valence-electron chi connectivity index (χ4n) is 5.79. The van der Waals surface area contributed by atoms with Gasteiger partial charge in [0.1, 0.15) is 6.17 Å². The third-order valence-corrected chi connectivity index (χ3v) is 8.59. The van der Waals surface area contributed by atoms with E-state index in [9.17, 15) is 4.79 Å². The van der Waals surface area contributed by atoms with Crippen molar-refractivity contribution in [3.63, 3.8) is 0 Å². The zero-order valence-electron chi connectivity index (χ0n) is 28.3. The average molecular weight is 704 g/mol. The van der Waals surface area contributed by atoms with E-state index in [-0.39, 0.29) is 12.0 Å². The zero-order valence-corrected chi connectivity index (χ0v) is 29.1. The summed E-state index contributed by atoms with van der Waals surface area (Å²) in [7, 11) is 7.89. The number of benzene rings is 4. The highest BCUT2D eigenvalue weighted by Gasteiger charge is 2.28. The molecule has 2 unspecified atom stereocenters. The quantitative estimate of drug-likeness (QED) is 0.133. The van der Waals surface area contributed by atoms with E-state index in [0.717, 1.165) is 22.4 Å². The number of ether oxygens (including phenoxy) is 7. The maximum absolute atomic E-state index is 12.7. The third kappa shape index (κ3) is 7.25. The Labute approximate surface area is 295 Å². The Kier molecular flexibility index (Phi) is 10.6. The van der Waals surface area contributed by atoms with Gasteiger partial charge in [0.25, 0.3) is 5.91 Å². The first-order chi connectivity index (χ1) is 24.3. The molecule has 2 atom stereocenters. The molecule has 2 aliphatic rings. The number of hydrogen-bond acceptors (Lipinski definition) is 11. The van der Waals surface area contributed by atoms with E-state index < -0.39 is 6.17 Å². The number of methoxy groups -OCH3 is 5. The van der Waals surface area contributed by atoms with Crippen LogP contribution < -0.4 is 43.8 Å². The molecular weight excluding hydrogens is 666 g/mol. The van der Waals surface area contributed by atoms with Crippen molar-refractivity contribution in [2.24, 2.45) is 5.16 Å². The van der Waals surface area contributed by atoms with E-state index in [4.69, 9.17) is 49.6 Å². The summed E-state index contributed by atoms with van der Waals surface area (Å²) in [6.45, 7) is 0.750. The lowest BCUT2D eigenvalue weighted by Crippen LogP contribution is -2.38. The van der Waals surface area contributed by atoms with Gasteiger partial charge in [0, 0.05) is 34.7 Å². The van der Waals surface area contributed by atoms with Crippen molar-refractivity contribution in [3.8, 4) is 40.2 Å². The number of hydrogen-bond donors (Lipinski definition) is 2. The van der Waals surface area contributed by atoms with Crippen molar-refractivity contribution in [1.29, 1.82) is 0 Å². The third-order valence-electron chi connectivity index (χ3n) is 8.35. The zero-order chi connectivity index (χ0) is 35.2. The van der Waals surface area contributed by atoms with Crippen molar-refractivity contribution < 1.29 is 42.8 Å². The molecular formula is C37H38ClN3O9. The minimum Gasteiger partial charge on any atom is -0.493 e. The molecule has 4 aromatic carbocycles. The molecule has 1 amide bonds. The van der Waals surface area contributed by atoms with Crippen LogP contribution in [0.5, 0.6) is 40.2 Å². The van der Waals surface area contributed by atoms with Gasteiger partial charge < -0.3 is 48.6 Å². The second kappa shape index (κ2) is 15.4. The first kappa shape index (κ1) is 34.4. The number of amides is 1. The molecule has 2 N–H and O–H groups in total. The maximum Gasteiger partial charge on any atom is 0.255 e. The Morgan fingerprint density at radius 2 is 1.40 bits per heavy atom. The van der Waals surface area contributed by atoms with E-state index in [1.54, 1.807) is 53.7 Å². The highest BCUT2D eigenvalue weighted by atomic mass is 35.5. The number of nitrogens with zero attached hydrogens (tertiary/aromatic N) is 1. The lowest BCUT2D eigenvalue weighted by Gasteiger charge is -2.28. The number of fused-ring (bicyclic) bond motifs is 1. The molecule has 0 bridgehead atoms. The number of anilines is 1. The van der Waals surface area contributed by atoms with Gasteiger partial charge in [0.05, 0.1) is 60.0 Å². The maximum atomic E-state index is 12.7. The van der Waals surface area contributed by atoms with Gasteiger partial charge >= 0.3 is 0 Å². The second-order valence-electron chi connectivity index (χ2n) is 11.4. The number of oxime groups is 1. The van der Waals surface area contributed by atoms with Crippen LogP contribution >= 0.6 is 11.6 Å². The van der Waals surface area contributed by atoms with Crippen LogP contribution in [0, 0.1) is 0 Å². The summed E-state index contributed by atoms with van der Waals surface area (Å²) in [5, 5.41) is 11.2. The molecule has 13 heteroatoms. The van der Waals surface area contributed by atoms with Crippen LogP contribution in [-0.2, 0) is 4.84 Å². The summed E-state index contributed by atoms with van der Waals surface area (Å²) in [6, 6.07) is 20.1. The van der Waals surface area contributed by atoms with Crippen molar-refractivity contribution in [2.45, 2.75) is 25.1 Å². The van der Waals surface area contributed by atoms with Gasteiger partial charge in [-0.05, 0) is 66.2 Å². The van der Waals surface area contributed by atoms with Crippen molar-refractivity contribution in [1.82, 2.24) is 5.32 Å². The van der Waals surface area contributed by atoms with E-state index in [1.165, 1.54) is 0 Å². The van der Waals surface area contributed by atoms with E-state index >= 15 is 0 Å². The van der Waals surface area contributed by atoms with Gasteiger partial charge in [-0.15, -0.1) is 0 Å². The summed E-state index contributed by atoms with van der Waals surface area (Å²) < 4.78 is 39.8. The first-order valence-electron chi connectivity index (χ1n) is 15.9. The molecule has 0 spiro atoms. The SMILES string of the molecule is COc1cc(C2NC(=O)c3cc(Cl)ccc3N2)ccc1OCCCOc1cc(C2=NOC(c3cc(OC)c(OC)c(OC)c3)C2)ccc1OC. The van der Waals surface area contributed by atoms with Crippen LogP contribution in [0.4, 0.5) is 5.69 Å². The molecule has 6 rings (SSSR count). The van der Waals surface area contributed by atoms with Crippen LogP contribution in [0.25, 0.3) is 0 Å². The van der Waals surface area contributed by atoms with Crippen LogP contribution in [0.3, 0.4) is 0 Å². The van der Waals surface area contributed by atoms with Gasteiger partial charge in [0.2, 0.25) is 5.75 Å². The van der Waals surface area contributed by atoms with Crippen molar-refractivity contribution in [2.75, 3.05) is 54.1 Å². The minimum atomic E-state index is -0.444. The Balaban J connectivity index is 1.04. The van der Waals surface area contributed by atoms with Crippen LogP contribution in [0.1, 0.15) is 52.2 Å². The second-order valence-corrected chi connectivity index (χ2v) is 11.8. The van der Waals surface area contributed by atoms with E-state index in [2.05, 4.69) is 15.8 Å². The molecule has 0 aromatic heterocycles. The molecule has 4 aromatic rings. The predicted molar refractivity (Wildman–Crippen MR) is 188 cm³/mol. The van der Waals surface area contributed by atoms with Crippen molar-refractivity contribution >= 4 is 28.9 Å². The average Bonchev–Trinajstić information content (AvgIpc) is 3.65. The van der Waals surface area contributed by atoms with Crippen LogP contribution in [0.15, 0.2) is 71.9 Å². The number of carbonyl (C=O) groups excluding carboxylic acids is 1. The number of rotatable bonds is 14. The topological polar surface area (TPSA) is 127 Å². The standard InChI is InChI=1S/C37H38ClN3O9/c1-43-28-11-7-21(27-20-30(50-41-27)23-17-33(45-3)35(47-5)34(18-23)46-4)15-32(28)49-14-6-13-48-29-12-8-22(16-31(29)44-2)36-39-26-10-9-24(38)19-25(26)37(42)40-36/h7-12,15-19,30,36,39H,6,13-14,20H2,1-5H3,(H,40,42). The molecule has 0 aliphatic carbocycles. The monoisotopic (exact) mass is 703 g/mol. The first-order valence-corrected chi connectivity index (χ1v) is 16.2. The molecule has 2 heterocycles. The van der Waals surface area contributed by atoms with E-state index in [0.29, 0.717) is 82.6 Å². The number of halogens is 1. The predicted octanol–water partition coefficient (Wildman–Crippen LogP) is 6.95. The highest BCUT2D eigenvalue weighted by molar-refractivity contribution is 6.31. The molecule has 0 saturated heterocycles. The van der Waals surface area contributed by atoms with Gasteiger partial charge in [-0.2, -0.15) is 0 Å². The summed E-state index contributed by atoms with van der Waals surface area (Å²) in [5.41, 5.74) is 4.48. The fourth-order valence-corrected chi connectivity index (χ4v) is 5.96. The summed E-state index contributed by atoms with van der Waals surface area (Å²) in [5.74, 6) is 3.69. The van der Waals surface area contributed by atoms with Gasteiger partial charge in [-0.3, -0.25) is 4.79 Å². The molecule has 12 nitrogen and oxygen atoms in total. The Hall–Kier alpha value is -5.49. The van der Waals surface area contributed by atoms with Gasteiger partial charge in [0.15, 0.2) is 40.6 Å². The Morgan fingerprint density at radius 3 is 2.10 bits per heavy atom. The van der Waals surface area contributed by atoms with Crippen LogP contribution in [0.2, 0.25) is 5.02 Å². The molecule has 262 valence electrons. The van der Waals surface area contributed by atoms with Gasteiger partial charge in [-0.1, -0.05) is 22.8 Å². The molecule has 2 aliphatic heterocycles. The summed E-state index contributed by atoms with van der Waals surface area (Å²) in [4.78, 5) is 18.5. The van der Waals surface area contributed by atoms with Gasteiger partial charge in [-0.25, -0.2) is 0 Å². The fraction of sp³-hybridized carbons (Fsp3) is 0.297. The minimum absolute atomic E-state index is 0.211. The van der Waals surface area contributed by atoms with E-state index in [1.807, 2.05) is 48.5 Å². The normalized spacial score (nSPS) is 16.2. The number of nitrogens with one attached hydrogen (secondary N) is 2. The largest absolute Gasteiger partial charge is 0.493 e.